The number of hydrogen-bond donors (Lipinski definition) is 1. The summed E-state index contributed by atoms with van der Waals surface area (Å²) in [6.45, 7) is 4.63. The summed E-state index contributed by atoms with van der Waals surface area (Å²) in [4.78, 5) is 29.5. The molecule has 1 saturated heterocycles. The molecule has 2 heterocycles. The first-order valence-corrected chi connectivity index (χ1v) is 6.83. The van der Waals surface area contributed by atoms with Crippen molar-refractivity contribution in [2.45, 2.75) is 26.7 Å². The van der Waals surface area contributed by atoms with Crippen molar-refractivity contribution in [2.24, 2.45) is 18.4 Å². The van der Waals surface area contributed by atoms with Crippen LogP contribution < -0.4 is 0 Å². The Kier molecular flexibility index (Phi) is 3.83. The van der Waals surface area contributed by atoms with Crippen LogP contribution in [0.15, 0.2) is 12.5 Å². The highest BCUT2D eigenvalue weighted by Gasteiger charge is 2.40. The Bertz CT molecular complexity index is 521. The summed E-state index contributed by atoms with van der Waals surface area (Å²) in [5.41, 5.74) is -0.274. The van der Waals surface area contributed by atoms with Crippen molar-refractivity contribution in [1.82, 2.24) is 14.5 Å². The Morgan fingerprint density at radius 3 is 2.70 bits per heavy atom. The van der Waals surface area contributed by atoms with E-state index in [9.17, 15) is 14.7 Å². The maximum absolute atomic E-state index is 12.4. The third-order valence-electron chi connectivity index (χ3n) is 4.32. The third-order valence-corrected chi connectivity index (χ3v) is 4.32. The lowest BCUT2D eigenvalue weighted by atomic mass is 9.74. The SMILES string of the molecule is Cn1cncc1C(=O)N1CCCC(C(C)(C)C(=O)O)C1. The Morgan fingerprint density at radius 2 is 2.15 bits per heavy atom. The number of rotatable bonds is 3. The third kappa shape index (κ3) is 2.55. The van der Waals surface area contributed by atoms with Crippen LogP contribution in [0.25, 0.3) is 0 Å². The van der Waals surface area contributed by atoms with Crippen LogP contribution in [-0.4, -0.2) is 44.5 Å². The smallest absolute Gasteiger partial charge is 0.309 e. The number of nitrogens with zero attached hydrogens (tertiary/aromatic N) is 3. The Morgan fingerprint density at radius 1 is 1.45 bits per heavy atom. The molecule has 1 aliphatic heterocycles. The normalized spacial score (nSPS) is 19.9. The number of carbonyl (C=O) groups is 2. The molecule has 0 saturated carbocycles. The summed E-state index contributed by atoms with van der Waals surface area (Å²) in [7, 11) is 1.78. The molecule has 0 aliphatic carbocycles. The predicted molar refractivity (Wildman–Crippen MR) is 73.3 cm³/mol. The second kappa shape index (κ2) is 5.26. The maximum atomic E-state index is 12.4. The molecule has 20 heavy (non-hydrogen) atoms. The molecule has 6 nitrogen and oxygen atoms in total. The van der Waals surface area contributed by atoms with E-state index in [1.165, 1.54) is 0 Å². The van der Waals surface area contributed by atoms with Crippen LogP contribution in [0.4, 0.5) is 0 Å². The zero-order valence-corrected chi connectivity index (χ0v) is 12.2. The number of amides is 1. The van der Waals surface area contributed by atoms with E-state index in [2.05, 4.69) is 4.98 Å². The monoisotopic (exact) mass is 279 g/mol. The molecule has 6 heteroatoms. The van der Waals surface area contributed by atoms with Crippen LogP contribution >= 0.6 is 0 Å². The number of aryl methyl sites for hydroxylation is 1. The van der Waals surface area contributed by atoms with Gasteiger partial charge in [0.15, 0.2) is 0 Å². The molecule has 0 aromatic carbocycles. The molecular formula is C14H21N3O3. The lowest BCUT2D eigenvalue weighted by Crippen LogP contribution is -2.47. The second-order valence-corrected chi connectivity index (χ2v) is 6.01. The highest BCUT2D eigenvalue weighted by atomic mass is 16.4. The highest BCUT2D eigenvalue weighted by molar-refractivity contribution is 5.92. The van der Waals surface area contributed by atoms with Crippen molar-refractivity contribution in [2.75, 3.05) is 13.1 Å². The molecule has 1 N–H and O–H groups in total. The van der Waals surface area contributed by atoms with E-state index in [4.69, 9.17) is 0 Å². The predicted octanol–water partition coefficient (Wildman–Crippen LogP) is 1.38. The number of carbonyl (C=O) groups excluding carboxylic acids is 1. The van der Waals surface area contributed by atoms with Crippen LogP contribution in [0.2, 0.25) is 0 Å². The molecule has 2 rings (SSSR count). The number of likely N-dealkylation sites (tertiary alicyclic amines) is 1. The lowest BCUT2D eigenvalue weighted by Gasteiger charge is -2.39. The fraction of sp³-hybridized carbons (Fsp3) is 0.643. The van der Waals surface area contributed by atoms with E-state index >= 15 is 0 Å². The fourth-order valence-corrected chi connectivity index (χ4v) is 2.65. The maximum Gasteiger partial charge on any atom is 0.309 e. The molecule has 0 radical (unpaired) electrons. The van der Waals surface area contributed by atoms with Crippen LogP contribution in [0.3, 0.4) is 0 Å². The van der Waals surface area contributed by atoms with Crippen LogP contribution in [-0.2, 0) is 11.8 Å². The van der Waals surface area contributed by atoms with Crippen LogP contribution in [0.5, 0.6) is 0 Å². The molecule has 1 aromatic heterocycles. The molecule has 1 atom stereocenters. The summed E-state index contributed by atoms with van der Waals surface area (Å²) >= 11 is 0. The summed E-state index contributed by atoms with van der Waals surface area (Å²) in [5.74, 6) is -0.904. The Hall–Kier alpha value is -1.85. The van der Waals surface area contributed by atoms with Gasteiger partial charge in [-0.15, -0.1) is 0 Å². The van der Waals surface area contributed by atoms with Crippen LogP contribution in [0, 0.1) is 11.3 Å². The minimum Gasteiger partial charge on any atom is -0.481 e. The molecule has 0 spiro atoms. The van der Waals surface area contributed by atoms with E-state index in [-0.39, 0.29) is 11.8 Å². The summed E-state index contributed by atoms with van der Waals surface area (Å²) in [6.07, 6.45) is 4.82. The Balaban J connectivity index is 2.13. The first-order valence-electron chi connectivity index (χ1n) is 6.83. The van der Waals surface area contributed by atoms with E-state index < -0.39 is 11.4 Å². The first kappa shape index (κ1) is 14.6. The quantitative estimate of drug-likeness (QED) is 0.907. The van der Waals surface area contributed by atoms with E-state index in [1.807, 2.05) is 0 Å². The number of aliphatic carboxylic acids is 1. The summed E-state index contributed by atoms with van der Waals surface area (Å²) < 4.78 is 1.69. The van der Waals surface area contributed by atoms with E-state index in [1.54, 1.807) is 42.9 Å². The van der Waals surface area contributed by atoms with Gasteiger partial charge >= 0.3 is 5.97 Å². The average molecular weight is 279 g/mol. The van der Waals surface area contributed by atoms with Gasteiger partial charge in [0.2, 0.25) is 0 Å². The Labute approximate surface area is 118 Å². The zero-order chi connectivity index (χ0) is 14.9. The number of carboxylic acid groups (broad SMARTS) is 1. The van der Waals surface area contributed by atoms with Crippen molar-refractivity contribution in [3.8, 4) is 0 Å². The van der Waals surface area contributed by atoms with Gasteiger partial charge in [0.25, 0.3) is 5.91 Å². The average Bonchev–Trinajstić information content (AvgIpc) is 2.84. The fourth-order valence-electron chi connectivity index (χ4n) is 2.65. The minimum atomic E-state index is -0.814. The number of piperidine rings is 1. The van der Waals surface area contributed by atoms with Crippen LogP contribution in [0.1, 0.15) is 37.2 Å². The molecule has 1 unspecified atom stereocenters. The standard InChI is InChI=1S/C14H21N3O3/c1-14(2,13(19)20)10-5-4-6-17(8-10)12(18)11-7-15-9-16(11)3/h7,9-10H,4-6,8H2,1-3H3,(H,19,20). The molecule has 1 aliphatic rings. The zero-order valence-electron chi connectivity index (χ0n) is 12.2. The molecule has 1 amide bonds. The van der Waals surface area contributed by atoms with Gasteiger partial charge in [-0.3, -0.25) is 9.59 Å². The van der Waals surface area contributed by atoms with Gasteiger partial charge in [0.05, 0.1) is 17.9 Å². The molecule has 1 fully saturated rings. The van der Waals surface area contributed by atoms with Gasteiger partial charge < -0.3 is 14.6 Å². The molecule has 1 aromatic rings. The number of aromatic nitrogens is 2. The van der Waals surface area contributed by atoms with E-state index in [0.29, 0.717) is 18.8 Å². The van der Waals surface area contributed by atoms with Gasteiger partial charge in [0.1, 0.15) is 5.69 Å². The highest BCUT2D eigenvalue weighted by Crippen LogP contribution is 2.34. The minimum absolute atomic E-state index is 0.0223. The van der Waals surface area contributed by atoms with Gasteiger partial charge in [-0.2, -0.15) is 0 Å². The molecular weight excluding hydrogens is 258 g/mol. The van der Waals surface area contributed by atoms with Gasteiger partial charge in [-0.1, -0.05) is 0 Å². The summed E-state index contributed by atoms with van der Waals surface area (Å²) in [6, 6.07) is 0. The lowest BCUT2D eigenvalue weighted by molar-refractivity contribution is -0.151. The largest absolute Gasteiger partial charge is 0.481 e. The topological polar surface area (TPSA) is 75.4 Å². The van der Waals surface area contributed by atoms with Gasteiger partial charge in [0, 0.05) is 20.1 Å². The molecule has 110 valence electrons. The van der Waals surface area contributed by atoms with Gasteiger partial charge in [-0.05, 0) is 32.6 Å². The van der Waals surface area contributed by atoms with E-state index in [0.717, 1.165) is 12.8 Å². The number of hydrogen-bond acceptors (Lipinski definition) is 3. The van der Waals surface area contributed by atoms with Crippen molar-refractivity contribution in [3.63, 3.8) is 0 Å². The second-order valence-electron chi connectivity index (χ2n) is 6.01. The van der Waals surface area contributed by atoms with Crippen molar-refractivity contribution in [3.05, 3.63) is 18.2 Å². The first-order chi connectivity index (χ1) is 9.34. The summed E-state index contributed by atoms with van der Waals surface area (Å²) in [5, 5.41) is 9.33. The van der Waals surface area contributed by atoms with Gasteiger partial charge in [-0.25, -0.2) is 4.98 Å². The van der Waals surface area contributed by atoms with Crippen molar-refractivity contribution in [1.29, 1.82) is 0 Å². The number of carboxylic acids is 1. The molecule has 0 bridgehead atoms. The van der Waals surface area contributed by atoms with Crippen molar-refractivity contribution < 1.29 is 14.7 Å². The van der Waals surface area contributed by atoms with Crippen molar-refractivity contribution >= 4 is 11.9 Å². The number of imidazole rings is 1.